The Kier molecular flexibility index (Phi) is 8.78. The maximum absolute atomic E-state index is 13.9. The highest BCUT2D eigenvalue weighted by Gasteiger charge is 2.34. The number of allylic oxidation sites excluding steroid dienone is 1. The number of likely N-dealkylation sites (N-methyl/N-ethyl adjacent to an activating group) is 1. The molecule has 5 rings (SSSR count). The van der Waals surface area contributed by atoms with E-state index in [1.54, 1.807) is 21.6 Å². The van der Waals surface area contributed by atoms with Crippen molar-refractivity contribution in [3.05, 3.63) is 130 Å². The number of benzene rings is 3. The van der Waals surface area contributed by atoms with Gasteiger partial charge >= 0.3 is 0 Å². The number of ether oxygens (including phenoxy) is 1. The van der Waals surface area contributed by atoms with Crippen LogP contribution in [0, 0.1) is 0 Å². The third-order valence-corrected chi connectivity index (χ3v) is 8.45. The van der Waals surface area contributed by atoms with Gasteiger partial charge in [0.1, 0.15) is 12.4 Å². The summed E-state index contributed by atoms with van der Waals surface area (Å²) in [6.07, 6.45) is 1.84. The van der Waals surface area contributed by atoms with Crippen molar-refractivity contribution in [2.75, 3.05) is 13.1 Å². The van der Waals surface area contributed by atoms with Crippen LogP contribution in [-0.2, 0) is 11.4 Å². The van der Waals surface area contributed by atoms with Gasteiger partial charge in [-0.25, -0.2) is 4.99 Å². The van der Waals surface area contributed by atoms with E-state index in [0.29, 0.717) is 56.1 Å². The summed E-state index contributed by atoms with van der Waals surface area (Å²) in [4.78, 5) is 34.7. The molecule has 0 spiro atoms. The number of fused-ring (bicyclic) bond motifs is 1. The fourth-order valence-electron chi connectivity index (χ4n) is 4.83. The van der Waals surface area contributed by atoms with E-state index < -0.39 is 6.04 Å². The normalized spacial score (nSPS) is 15.0. The summed E-state index contributed by atoms with van der Waals surface area (Å²) in [5.41, 5.74) is 3.51. The summed E-state index contributed by atoms with van der Waals surface area (Å²) in [6.45, 7) is 7.22. The number of carbonyl (C=O) groups excluding carboxylic acids is 1. The lowest BCUT2D eigenvalue weighted by molar-refractivity contribution is -0.127. The van der Waals surface area contributed by atoms with Crippen LogP contribution in [0.3, 0.4) is 0 Å². The number of carbonyl (C=O) groups is 1. The molecule has 41 heavy (non-hydrogen) atoms. The Hall–Kier alpha value is -3.65. The van der Waals surface area contributed by atoms with Crippen molar-refractivity contribution in [1.82, 2.24) is 9.47 Å². The Labute approximate surface area is 252 Å². The van der Waals surface area contributed by atoms with Crippen molar-refractivity contribution in [1.29, 1.82) is 0 Å². The number of thiazole rings is 1. The minimum atomic E-state index is -0.618. The Morgan fingerprint density at radius 1 is 1.02 bits per heavy atom. The topological polar surface area (TPSA) is 63.9 Å². The van der Waals surface area contributed by atoms with Crippen LogP contribution >= 0.6 is 34.5 Å². The number of halogens is 2. The van der Waals surface area contributed by atoms with Crippen molar-refractivity contribution in [3.8, 4) is 5.75 Å². The molecule has 1 aliphatic heterocycles. The van der Waals surface area contributed by atoms with Gasteiger partial charge in [0.25, 0.3) is 11.5 Å². The first-order valence-electron chi connectivity index (χ1n) is 13.3. The molecule has 4 aromatic rings. The second kappa shape index (κ2) is 12.5. The number of rotatable bonds is 8. The van der Waals surface area contributed by atoms with E-state index in [-0.39, 0.29) is 11.5 Å². The number of aromatic nitrogens is 1. The number of hydrogen-bond acceptors (Lipinski definition) is 5. The van der Waals surface area contributed by atoms with Crippen LogP contribution in [0.15, 0.2) is 93.9 Å². The maximum Gasteiger partial charge on any atom is 0.271 e. The zero-order valence-corrected chi connectivity index (χ0v) is 25.3. The molecule has 0 unspecified atom stereocenters. The number of nitrogens with zero attached hydrogens (tertiary/aromatic N) is 3. The zero-order chi connectivity index (χ0) is 29.1. The van der Waals surface area contributed by atoms with Crippen molar-refractivity contribution < 1.29 is 9.53 Å². The Morgan fingerprint density at radius 3 is 2.34 bits per heavy atom. The summed E-state index contributed by atoms with van der Waals surface area (Å²) in [7, 11) is 0. The first-order chi connectivity index (χ1) is 19.8. The number of amides is 1. The average Bonchev–Trinajstić information content (AvgIpc) is 3.27. The van der Waals surface area contributed by atoms with Crippen LogP contribution in [-0.4, -0.2) is 28.5 Å². The van der Waals surface area contributed by atoms with Crippen LogP contribution in [0.1, 0.15) is 43.5 Å². The van der Waals surface area contributed by atoms with Gasteiger partial charge in [-0.1, -0.05) is 70.9 Å². The number of hydrogen-bond donors (Lipinski definition) is 0. The second-order valence-electron chi connectivity index (χ2n) is 9.60. The lowest BCUT2D eigenvalue weighted by atomic mass is 9.94. The highest BCUT2D eigenvalue weighted by atomic mass is 35.5. The van der Waals surface area contributed by atoms with Crippen LogP contribution < -0.4 is 19.6 Å². The lowest BCUT2D eigenvalue weighted by Gasteiger charge is -2.29. The molecule has 0 saturated carbocycles. The standard InChI is InChI=1S/C32H29Cl2N3O3S/c1-4-36(5-2)31(39)28-20(3)35-32-37(29(28)23-11-15-25(34)16-12-23)30(38)27(41-32)18-22-7-6-8-26(17-22)40-19-21-9-13-24(33)14-10-21/h6-18,29H,4-5,19H2,1-3H3/b27-18+/t29-/m0/s1. The van der Waals surface area contributed by atoms with E-state index >= 15 is 0 Å². The van der Waals surface area contributed by atoms with Crippen LogP contribution in [0.4, 0.5) is 0 Å². The molecule has 3 aromatic carbocycles. The molecule has 2 heterocycles. The summed E-state index contributed by atoms with van der Waals surface area (Å²) in [5.74, 6) is 0.555. The fourth-order valence-corrected chi connectivity index (χ4v) is 6.13. The van der Waals surface area contributed by atoms with Gasteiger partial charge in [-0.15, -0.1) is 0 Å². The van der Waals surface area contributed by atoms with Crippen molar-refractivity contribution >= 4 is 46.5 Å². The molecule has 1 atom stereocenters. The van der Waals surface area contributed by atoms with Crippen LogP contribution in [0.5, 0.6) is 5.75 Å². The molecular weight excluding hydrogens is 577 g/mol. The third-order valence-electron chi connectivity index (χ3n) is 6.96. The smallest absolute Gasteiger partial charge is 0.271 e. The third kappa shape index (κ3) is 6.17. The van der Waals surface area contributed by atoms with Crippen molar-refractivity contribution in [2.45, 2.75) is 33.4 Å². The maximum atomic E-state index is 13.9. The van der Waals surface area contributed by atoms with Gasteiger partial charge in [-0.3, -0.25) is 14.2 Å². The monoisotopic (exact) mass is 605 g/mol. The van der Waals surface area contributed by atoms with Gasteiger partial charge in [-0.05, 0) is 79.9 Å². The van der Waals surface area contributed by atoms with Gasteiger partial charge in [0.15, 0.2) is 4.80 Å². The summed E-state index contributed by atoms with van der Waals surface area (Å²) in [5, 5.41) is 1.26. The van der Waals surface area contributed by atoms with E-state index in [1.165, 1.54) is 11.3 Å². The molecule has 1 aliphatic rings. The second-order valence-corrected chi connectivity index (χ2v) is 11.5. The fraction of sp³-hybridized carbons (Fsp3) is 0.219. The predicted molar refractivity (Wildman–Crippen MR) is 165 cm³/mol. The van der Waals surface area contributed by atoms with Gasteiger partial charge in [0.05, 0.1) is 21.8 Å². The largest absolute Gasteiger partial charge is 0.489 e. The zero-order valence-electron chi connectivity index (χ0n) is 22.9. The van der Waals surface area contributed by atoms with Crippen LogP contribution in [0.2, 0.25) is 10.0 Å². The average molecular weight is 607 g/mol. The van der Waals surface area contributed by atoms with Gasteiger partial charge in [0.2, 0.25) is 0 Å². The molecule has 0 radical (unpaired) electrons. The Balaban J connectivity index is 1.55. The first kappa shape index (κ1) is 28.9. The molecular formula is C32H29Cl2N3O3S. The molecule has 1 aromatic heterocycles. The minimum Gasteiger partial charge on any atom is -0.489 e. The van der Waals surface area contributed by atoms with Gasteiger partial charge in [-0.2, -0.15) is 0 Å². The Bertz CT molecular complexity index is 1790. The minimum absolute atomic E-state index is 0.129. The highest BCUT2D eigenvalue weighted by Crippen LogP contribution is 2.32. The summed E-state index contributed by atoms with van der Waals surface area (Å²) in [6, 6.07) is 21.7. The quantitative estimate of drug-likeness (QED) is 0.248. The molecule has 0 aliphatic carbocycles. The van der Waals surface area contributed by atoms with E-state index in [9.17, 15) is 9.59 Å². The van der Waals surface area contributed by atoms with E-state index in [1.807, 2.05) is 87.5 Å². The first-order valence-corrected chi connectivity index (χ1v) is 14.9. The summed E-state index contributed by atoms with van der Waals surface area (Å²) < 4.78 is 8.13. The molecule has 1 amide bonds. The Morgan fingerprint density at radius 2 is 1.68 bits per heavy atom. The molecule has 0 fully saturated rings. The van der Waals surface area contributed by atoms with Gasteiger partial charge < -0.3 is 9.64 Å². The molecule has 0 N–H and O–H groups in total. The molecule has 9 heteroatoms. The summed E-state index contributed by atoms with van der Waals surface area (Å²) >= 11 is 13.5. The predicted octanol–water partition coefficient (Wildman–Crippen LogP) is 5.99. The van der Waals surface area contributed by atoms with Crippen molar-refractivity contribution in [2.24, 2.45) is 4.99 Å². The molecule has 0 bridgehead atoms. The van der Waals surface area contributed by atoms with Crippen molar-refractivity contribution in [3.63, 3.8) is 0 Å². The van der Waals surface area contributed by atoms with E-state index in [0.717, 1.165) is 16.7 Å². The van der Waals surface area contributed by atoms with Gasteiger partial charge in [0, 0.05) is 23.1 Å². The van der Waals surface area contributed by atoms with E-state index in [2.05, 4.69) is 0 Å². The SMILES string of the molecule is CCN(CC)C(=O)C1=C(C)N=c2s/c(=C/c3cccc(OCc4ccc(Cl)cc4)c3)c(=O)n2[C@H]1c1ccc(Cl)cc1. The van der Waals surface area contributed by atoms with E-state index in [4.69, 9.17) is 32.9 Å². The molecule has 6 nitrogen and oxygen atoms in total. The highest BCUT2D eigenvalue weighted by molar-refractivity contribution is 7.07. The molecule has 210 valence electrons. The molecule has 0 saturated heterocycles. The lowest BCUT2D eigenvalue weighted by Crippen LogP contribution is -2.43. The van der Waals surface area contributed by atoms with Crippen LogP contribution in [0.25, 0.3) is 6.08 Å².